The lowest BCUT2D eigenvalue weighted by Crippen LogP contribution is -2.34. The minimum absolute atomic E-state index is 0. The van der Waals surface area contributed by atoms with Gasteiger partial charge in [-0.15, -0.1) is 24.0 Å². The molecule has 0 bridgehead atoms. The van der Waals surface area contributed by atoms with Crippen LogP contribution in [0.2, 0.25) is 0 Å². The minimum atomic E-state index is -2.44. The summed E-state index contributed by atoms with van der Waals surface area (Å²) in [4.78, 5) is 3.84. The SMILES string of the molecule is CN=C(NCC(F)F)Nc1ccc(OC)c(OC)c1.I. The number of anilines is 1. The van der Waals surface area contributed by atoms with Crippen molar-refractivity contribution in [2.75, 3.05) is 33.1 Å². The van der Waals surface area contributed by atoms with E-state index < -0.39 is 13.0 Å². The van der Waals surface area contributed by atoms with Gasteiger partial charge in [0.25, 0.3) is 6.43 Å². The Bertz CT molecular complexity index is 445. The maximum absolute atomic E-state index is 12.1. The Morgan fingerprint density at radius 3 is 2.40 bits per heavy atom. The molecular formula is C12H18F2IN3O2. The fourth-order valence-electron chi connectivity index (χ4n) is 1.40. The minimum Gasteiger partial charge on any atom is -0.493 e. The molecule has 0 saturated carbocycles. The van der Waals surface area contributed by atoms with Gasteiger partial charge in [-0.25, -0.2) is 8.78 Å². The van der Waals surface area contributed by atoms with E-state index in [0.717, 1.165) is 0 Å². The lowest BCUT2D eigenvalue weighted by molar-refractivity contribution is 0.152. The summed E-state index contributed by atoms with van der Waals surface area (Å²) in [6, 6.07) is 5.13. The Labute approximate surface area is 133 Å². The molecule has 2 N–H and O–H groups in total. The quantitative estimate of drug-likeness (QED) is 0.453. The highest BCUT2D eigenvalue weighted by atomic mass is 127. The van der Waals surface area contributed by atoms with E-state index in [9.17, 15) is 8.78 Å². The van der Waals surface area contributed by atoms with Crippen molar-refractivity contribution >= 4 is 35.6 Å². The maximum Gasteiger partial charge on any atom is 0.255 e. The molecule has 1 aromatic rings. The fraction of sp³-hybridized carbons (Fsp3) is 0.417. The summed E-state index contributed by atoms with van der Waals surface area (Å²) in [7, 11) is 4.56. The number of rotatable bonds is 5. The first-order chi connectivity index (χ1) is 9.10. The number of alkyl halides is 2. The third-order valence-corrected chi connectivity index (χ3v) is 2.29. The van der Waals surface area contributed by atoms with Gasteiger partial charge in [0.2, 0.25) is 0 Å². The van der Waals surface area contributed by atoms with Crippen molar-refractivity contribution in [3.05, 3.63) is 18.2 Å². The Kier molecular flexibility index (Phi) is 8.93. The van der Waals surface area contributed by atoms with Crippen LogP contribution in [0.25, 0.3) is 0 Å². The predicted molar refractivity (Wildman–Crippen MR) is 85.9 cm³/mol. The van der Waals surface area contributed by atoms with Crippen LogP contribution in [0.1, 0.15) is 0 Å². The average Bonchev–Trinajstić information content (AvgIpc) is 2.42. The zero-order valence-corrected chi connectivity index (χ0v) is 13.8. The van der Waals surface area contributed by atoms with Crippen LogP contribution < -0.4 is 20.1 Å². The second-order valence-corrected chi connectivity index (χ2v) is 3.54. The number of aliphatic imine (C=N–C) groups is 1. The van der Waals surface area contributed by atoms with Crippen molar-refractivity contribution in [1.82, 2.24) is 5.32 Å². The number of hydrogen-bond acceptors (Lipinski definition) is 3. The first-order valence-corrected chi connectivity index (χ1v) is 5.58. The standard InChI is InChI=1S/C12H17F2N3O2.HI/c1-15-12(16-7-11(13)14)17-8-4-5-9(18-2)10(6-8)19-3;/h4-6,11H,7H2,1-3H3,(H2,15,16,17);1H. The number of ether oxygens (including phenoxy) is 2. The summed E-state index contributed by atoms with van der Waals surface area (Å²) in [5.74, 6) is 1.38. The average molecular weight is 401 g/mol. The molecule has 1 rings (SSSR count). The largest absolute Gasteiger partial charge is 0.493 e. The highest BCUT2D eigenvalue weighted by molar-refractivity contribution is 14.0. The van der Waals surface area contributed by atoms with Crippen LogP contribution in [0.4, 0.5) is 14.5 Å². The lowest BCUT2D eigenvalue weighted by Gasteiger charge is -2.13. The molecule has 5 nitrogen and oxygen atoms in total. The Morgan fingerprint density at radius 2 is 1.90 bits per heavy atom. The third kappa shape index (κ3) is 5.76. The van der Waals surface area contributed by atoms with Gasteiger partial charge in [-0.1, -0.05) is 0 Å². The molecule has 8 heteroatoms. The van der Waals surface area contributed by atoms with Gasteiger partial charge in [-0.3, -0.25) is 4.99 Å². The van der Waals surface area contributed by atoms with Gasteiger partial charge in [0.1, 0.15) is 0 Å². The summed E-state index contributed by atoms with van der Waals surface area (Å²) < 4.78 is 34.5. The molecule has 20 heavy (non-hydrogen) atoms. The zero-order valence-electron chi connectivity index (χ0n) is 11.4. The molecule has 0 aliphatic rings. The van der Waals surface area contributed by atoms with Gasteiger partial charge >= 0.3 is 0 Å². The van der Waals surface area contributed by atoms with Crippen molar-refractivity contribution < 1.29 is 18.3 Å². The van der Waals surface area contributed by atoms with Gasteiger partial charge in [-0.05, 0) is 12.1 Å². The van der Waals surface area contributed by atoms with E-state index in [1.54, 1.807) is 18.2 Å². The third-order valence-electron chi connectivity index (χ3n) is 2.29. The number of hydrogen-bond donors (Lipinski definition) is 2. The second kappa shape index (κ2) is 9.56. The van der Waals surface area contributed by atoms with Gasteiger partial charge < -0.3 is 20.1 Å². The summed E-state index contributed by atoms with van der Waals surface area (Å²) in [5.41, 5.74) is 0.653. The monoisotopic (exact) mass is 401 g/mol. The van der Waals surface area contributed by atoms with Crippen molar-refractivity contribution in [3.8, 4) is 11.5 Å². The molecule has 0 radical (unpaired) electrons. The van der Waals surface area contributed by atoms with Gasteiger partial charge in [0.05, 0.1) is 20.8 Å². The molecule has 0 heterocycles. The molecule has 0 amide bonds. The first-order valence-electron chi connectivity index (χ1n) is 5.58. The van der Waals surface area contributed by atoms with Crippen molar-refractivity contribution in [2.24, 2.45) is 4.99 Å². The molecule has 0 unspecified atom stereocenters. The van der Waals surface area contributed by atoms with Crippen LogP contribution >= 0.6 is 24.0 Å². The highest BCUT2D eigenvalue weighted by Gasteiger charge is 2.07. The lowest BCUT2D eigenvalue weighted by atomic mass is 10.3. The van der Waals surface area contributed by atoms with Crippen LogP contribution in [-0.4, -0.2) is 40.2 Å². The van der Waals surface area contributed by atoms with Gasteiger partial charge in [0, 0.05) is 18.8 Å². The van der Waals surface area contributed by atoms with Gasteiger partial charge in [-0.2, -0.15) is 0 Å². The molecule has 0 aliphatic heterocycles. The van der Waals surface area contributed by atoms with Crippen LogP contribution in [-0.2, 0) is 0 Å². The predicted octanol–water partition coefficient (Wildman–Crippen LogP) is 2.57. The second-order valence-electron chi connectivity index (χ2n) is 3.54. The normalized spacial score (nSPS) is 10.8. The molecule has 0 aromatic heterocycles. The van der Waals surface area contributed by atoms with E-state index in [1.165, 1.54) is 21.3 Å². The van der Waals surface area contributed by atoms with Crippen molar-refractivity contribution in [2.45, 2.75) is 6.43 Å². The topological polar surface area (TPSA) is 54.9 Å². The van der Waals surface area contributed by atoms with E-state index in [4.69, 9.17) is 9.47 Å². The van der Waals surface area contributed by atoms with Crippen LogP contribution in [0.3, 0.4) is 0 Å². The fourth-order valence-corrected chi connectivity index (χ4v) is 1.40. The molecule has 0 spiro atoms. The van der Waals surface area contributed by atoms with E-state index in [0.29, 0.717) is 17.2 Å². The Hall–Kier alpha value is -1.32. The highest BCUT2D eigenvalue weighted by Crippen LogP contribution is 2.29. The molecule has 0 atom stereocenters. The number of nitrogens with one attached hydrogen (secondary N) is 2. The van der Waals surface area contributed by atoms with E-state index in [-0.39, 0.29) is 29.9 Å². The van der Waals surface area contributed by atoms with E-state index in [1.807, 2.05) is 0 Å². The smallest absolute Gasteiger partial charge is 0.255 e. The first kappa shape index (κ1) is 18.7. The van der Waals surface area contributed by atoms with Crippen molar-refractivity contribution in [1.29, 1.82) is 0 Å². The molecule has 0 saturated heterocycles. The summed E-state index contributed by atoms with van der Waals surface area (Å²) in [6.45, 7) is -0.465. The van der Waals surface area contributed by atoms with Gasteiger partial charge in [0.15, 0.2) is 17.5 Å². The summed E-state index contributed by atoms with van der Waals surface area (Å²) in [6.07, 6.45) is -2.44. The molecule has 114 valence electrons. The number of benzene rings is 1. The maximum atomic E-state index is 12.1. The molecule has 1 aromatic carbocycles. The number of halogens is 3. The Morgan fingerprint density at radius 1 is 1.25 bits per heavy atom. The molecular weight excluding hydrogens is 383 g/mol. The zero-order chi connectivity index (χ0) is 14.3. The number of methoxy groups -OCH3 is 2. The number of guanidine groups is 1. The van der Waals surface area contributed by atoms with Crippen molar-refractivity contribution in [3.63, 3.8) is 0 Å². The summed E-state index contributed by atoms with van der Waals surface area (Å²) in [5, 5.41) is 5.38. The van der Waals surface area contributed by atoms with E-state index in [2.05, 4.69) is 15.6 Å². The van der Waals surface area contributed by atoms with Crippen LogP contribution in [0.5, 0.6) is 11.5 Å². The Balaban J connectivity index is 0.00000361. The number of nitrogens with zero attached hydrogens (tertiary/aromatic N) is 1. The molecule has 0 aliphatic carbocycles. The van der Waals surface area contributed by atoms with Crippen LogP contribution in [0.15, 0.2) is 23.2 Å². The summed E-state index contributed by atoms with van der Waals surface area (Å²) >= 11 is 0. The van der Waals surface area contributed by atoms with Crippen LogP contribution in [0, 0.1) is 0 Å². The van der Waals surface area contributed by atoms with E-state index >= 15 is 0 Å². The molecule has 0 fully saturated rings.